The van der Waals surface area contributed by atoms with Crippen LogP contribution in [0.25, 0.3) is 0 Å². The number of hydroxylamine groups is 2. The Hall–Kier alpha value is -1.26. The van der Waals surface area contributed by atoms with Gasteiger partial charge in [0.2, 0.25) is 0 Å². The molecule has 5 nitrogen and oxygen atoms in total. The van der Waals surface area contributed by atoms with Crippen molar-refractivity contribution in [2.45, 2.75) is 6.85 Å². The van der Waals surface area contributed by atoms with Crippen LogP contribution in [0.1, 0.15) is 11.0 Å². The molecule has 0 bridgehead atoms. The number of carbonyl (C=O) groups excluding carboxylic acids is 2. The maximum absolute atomic E-state index is 10.5. The van der Waals surface area contributed by atoms with Crippen LogP contribution in [0, 0.1) is 0 Å². The highest BCUT2D eigenvalue weighted by Crippen LogP contribution is 1.83. The van der Waals surface area contributed by atoms with Crippen LogP contribution in [-0.4, -0.2) is 24.1 Å². The molecule has 0 atom stereocenters. The Labute approximate surface area is 56.5 Å². The molecule has 0 radical (unpaired) electrons. The normalized spacial score (nSPS) is 14.6. The molecule has 2 N–H and O–H groups in total. The first kappa shape index (κ1) is 3.71. The smallest absolute Gasteiger partial charge is 0.347 e. The minimum absolute atomic E-state index is 0.342. The van der Waals surface area contributed by atoms with Crippen LogP contribution in [-0.2, 0) is 9.63 Å². The maximum Gasteiger partial charge on any atom is 0.347 e. The Bertz CT molecular complexity index is 202. The number of hydrogen-bond donors (Lipinski definition) is 1. The van der Waals surface area contributed by atoms with E-state index >= 15 is 0 Å². The Kier molecular flexibility index (Phi) is 1.20. The zero-order valence-electron chi connectivity index (χ0n) is 7.75. The summed E-state index contributed by atoms with van der Waals surface area (Å²) in [5.74, 6) is -1.50. The molecule has 9 heavy (non-hydrogen) atoms. The van der Waals surface area contributed by atoms with Gasteiger partial charge >= 0.3 is 12.0 Å². The van der Waals surface area contributed by atoms with E-state index in [1.807, 2.05) is 0 Å². The molecule has 0 aromatic carbocycles. The maximum atomic E-state index is 10.5. The number of rotatable bonds is 0. The van der Waals surface area contributed by atoms with E-state index in [0.717, 1.165) is 7.05 Å². The van der Waals surface area contributed by atoms with Crippen LogP contribution < -0.4 is 5.73 Å². The molecule has 0 aliphatic carbocycles. The number of hydrogen-bond acceptors (Lipinski definition) is 3. The number of nitrogens with zero attached hydrogens (tertiary/aromatic N) is 1. The zero-order valence-corrected chi connectivity index (χ0v) is 4.75. The SMILES string of the molecule is [2H]C([2H])([2H])C(=O)ON(C)C(N)=O. The predicted octanol–water partition coefficient (Wildman–Crippen LogP) is -0.525. The van der Waals surface area contributed by atoms with Gasteiger partial charge in [0, 0.05) is 11.0 Å². The zero-order chi connectivity index (χ0) is 9.94. The molecule has 0 fully saturated rings. The molecule has 0 rings (SSSR count). The van der Waals surface area contributed by atoms with Gasteiger partial charge in [0.05, 0.1) is 7.05 Å². The van der Waals surface area contributed by atoms with Crippen molar-refractivity contribution in [1.29, 1.82) is 0 Å². The molecular weight excluding hydrogens is 124 g/mol. The van der Waals surface area contributed by atoms with Crippen LogP contribution in [0.5, 0.6) is 0 Å². The van der Waals surface area contributed by atoms with Gasteiger partial charge in [-0.2, -0.15) is 5.06 Å². The lowest BCUT2D eigenvalue weighted by Crippen LogP contribution is -2.33. The van der Waals surface area contributed by atoms with Crippen LogP contribution in [0.2, 0.25) is 0 Å². The van der Waals surface area contributed by atoms with Crippen molar-refractivity contribution in [2.75, 3.05) is 7.05 Å². The van der Waals surface area contributed by atoms with Crippen molar-refractivity contribution in [2.24, 2.45) is 5.73 Å². The lowest BCUT2D eigenvalue weighted by molar-refractivity contribution is -0.168. The lowest BCUT2D eigenvalue weighted by atomic mass is 10.8. The summed E-state index contributed by atoms with van der Waals surface area (Å²) < 4.78 is 19.7. The van der Waals surface area contributed by atoms with Gasteiger partial charge in [-0.25, -0.2) is 4.79 Å². The van der Waals surface area contributed by atoms with Crippen molar-refractivity contribution < 1.29 is 18.5 Å². The second-order valence-electron chi connectivity index (χ2n) is 1.21. The van der Waals surface area contributed by atoms with Crippen molar-refractivity contribution in [1.82, 2.24) is 5.06 Å². The number of carbonyl (C=O) groups is 2. The highest BCUT2D eigenvalue weighted by molar-refractivity contribution is 5.73. The summed E-state index contributed by atoms with van der Waals surface area (Å²) in [4.78, 5) is 24.8. The first-order valence-corrected chi connectivity index (χ1v) is 2.00. The Morgan fingerprint density at radius 3 is 2.67 bits per heavy atom. The monoisotopic (exact) mass is 135 g/mol. The summed E-state index contributed by atoms with van der Waals surface area (Å²) in [6.45, 7) is -2.89. The Morgan fingerprint density at radius 2 is 2.33 bits per heavy atom. The van der Waals surface area contributed by atoms with Gasteiger partial charge in [-0.3, -0.25) is 4.79 Å². The van der Waals surface area contributed by atoms with Gasteiger partial charge in [0.15, 0.2) is 0 Å². The number of amides is 2. The van der Waals surface area contributed by atoms with Gasteiger partial charge in [-0.05, 0) is 0 Å². The first-order chi connectivity index (χ1) is 5.25. The Balaban J connectivity index is 4.11. The quantitative estimate of drug-likeness (QED) is 0.454. The minimum Gasteiger partial charge on any atom is -0.349 e. The molecule has 2 amide bonds. The number of urea groups is 1. The van der Waals surface area contributed by atoms with E-state index in [1.165, 1.54) is 0 Å². The third-order valence-corrected chi connectivity index (χ3v) is 0.530. The molecule has 5 heteroatoms. The summed E-state index contributed by atoms with van der Waals surface area (Å²) in [7, 11) is 1.03. The first-order valence-electron chi connectivity index (χ1n) is 3.50. The summed E-state index contributed by atoms with van der Waals surface area (Å²) >= 11 is 0. The van der Waals surface area contributed by atoms with E-state index in [2.05, 4.69) is 10.6 Å². The molecule has 0 unspecified atom stereocenters. The summed E-state index contributed by atoms with van der Waals surface area (Å²) in [5, 5.41) is 0.342. The highest BCUT2D eigenvalue weighted by Gasteiger charge is 2.04. The Morgan fingerprint density at radius 1 is 1.78 bits per heavy atom. The summed E-state index contributed by atoms with van der Waals surface area (Å²) in [6.07, 6.45) is 0. The molecule has 0 heterocycles. The van der Waals surface area contributed by atoms with Gasteiger partial charge in [0.1, 0.15) is 0 Å². The van der Waals surface area contributed by atoms with Gasteiger partial charge < -0.3 is 10.6 Å². The van der Waals surface area contributed by atoms with Crippen molar-refractivity contribution in [3.8, 4) is 0 Å². The molecule has 0 aliphatic rings. The average Bonchev–Trinajstić information content (AvgIpc) is 1.85. The van der Waals surface area contributed by atoms with Gasteiger partial charge in [-0.15, -0.1) is 0 Å². The van der Waals surface area contributed by atoms with E-state index in [0.29, 0.717) is 5.06 Å². The third kappa shape index (κ3) is 3.33. The molecule has 0 spiro atoms. The van der Waals surface area contributed by atoms with Crippen LogP contribution in [0.3, 0.4) is 0 Å². The van der Waals surface area contributed by atoms with E-state index in [4.69, 9.17) is 4.11 Å². The minimum atomic E-state index is -2.89. The van der Waals surface area contributed by atoms with Crippen LogP contribution in [0.4, 0.5) is 4.79 Å². The van der Waals surface area contributed by atoms with Crippen LogP contribution in [0.15, 0.2) is 0 Å². The summed E-state index contributed by atoms with van der Waals surface area (Å²) in [5.41, 5.74) is 4.65. The molecule has 0 aromatic heterocycles. The summed E-state index contributed by atoms with van der Waals surface area (Å²) in [6, 6.07) is -1.05. The van der Waals surface area contributed by atoms with E-state index < -0.39 is 18.9 Å². The second-order valence-corrected chi connectivity index (χ2v) is 1.21. The predicted molar refractivity (Wildman–Crippen MR) is 29.1 cm³/mol. The fourth-order valence-corrected chi connectivity index (χ4v) is 0.169. The van der Waals surface area contributed by atoms with E-state index in [-0.39, 0.29) is 0 Å². The molecule has 0 saturated heterocycles. The topological polar surface area (TPSA) is 72.6 Å². The lowest BCUT2D eigenvalue weighted by Gasteiger charge is -2.10. The highest BCUT2D eigenvalue weighted by atomic mass is 16.7. The van der Waals surface area contributed by atoms with E-state index in [9.17, 15) is 9.59 Å². The molecule has 52 valence electrons. The van der Waals surface area contributed by atoms with Crippen molar-refractivity contribution >= 4 is 12.0 Å². The van der Waals surface area contributed by atoms with Crippen LogP contribution >= 0.6 is 0 Å². The third-order valence-electron chi connectivity index (χ3n) is 0.530. The molecular formula is C4H8N2O3. The molecule has 0 saturated carbocycles. The largest absolute Gasteiger partial charge is 0.349 e. The molecule has 0 aliphatic heterocycles. The van der Waals surface area contributed by atoms with E-state index in [1.54, 1.807) is 0 Å². The number of primary amides is 1. The van der Waals surface area contributed by atoms with Gasteiger partial charge in [0.25, 0.3) is 0 Å². The fraction of sp³-hybridized carbons (Fsp3) is 0.500. The molecule has 0 aromatic rings. The van der Waals surface area contributed by atoms with Crippen molar-refractivity contribution in [3.63, 3.8) is 0 Å². The van der Waals surface area contributed by atoms with Gasteiger partial charge in [-0.1, -0.05) is 0 Å². The standard InChI is InChI=1S/C4H8N2O3/c1-3(7)9-6(2)4(5)8/h1-2H3,(H2,5,8)/i1D3. The number of nitrogens with two attached hydrogens (primary N) is 1. The average molecular weight is 135 g/mol. The second kappa shape index (κ2) is 2.91. The fourth-order valence-electron chi connectivity index (χ4n) is 0.169. The van der Waals surface area contributed by atoms with Crippen molar-refractivity contribution in [3.05, 3.63) is 0 Å².